The van der Waals surface area contributed by atoms with Crippen LogP contribution < -0.4 is 0 Å². The minimum Gasteiger partial charge on any atom is -0.383 e. The summed E-state index contributed by atoms with van der Waals surface area (Å²) in [6.07, 6.45) is 7.14. The lowest BCUT2D eigenvalue weighted by Gasteiger charge is -2.48. The van der Waals surface area contributed by atoms with Crippen molar-refractivity contribution >= 4 is 11.8 Å². The average molecular weight is 389 g/mol. The van der Waals surface area contributed by atoms with Crippen LogP contribution in [-0.2, 0) is 20.9 Å². The zero-order chi connectivity index (χ0) is 20.0. The molecule has 28 heavy (non-hydrogen) atoms. The number of methoxy groups -OCH3 is 1. The van der Waals surface area contributed by atoms with E-state index >= 15 is 0 Å². The van der Waals surface area contributed by atoms with Crippen LogP contribution in [0.15, 0.2) is 24.5 Å². The SMILES string of the molecule is COCCN1C[C@]2(CCCN(C(=O)CN(C)Cc3cccnc3)C2)CCC1=O. The summed E-state index contributed by atoms with van der Waals surface area (Å²) in [6, 6.07) is 3.94. The van der Waals surface area contributed by atoms with Crippen LogP contribution >= 0.6 is 0 Å². The van der Waals surface area contributed by atoms with E-state index in [1.807, 2.05) is 40.1 Å². The Kier molecular flexibility index (Phi) is 7.02. The molecule has 1 spiro atoms. The van der Waals surface area contributed by atoms with Crippen LogP contribution in [0.3, 0.4) is 0 Å². The Morgan fingerprint density at radius 1 is 1.36 bits per heavy atom. The summed E-state index contributed by atoms with van der Waals surface area (Å²) >= 11 is 0. The maximum atomic E-state index is 12.9. The number of ether oxygens (including phenoxy) is 1. The van der Waals surface area contributed by atoms with Crippen molar-refractivity contribution in [2.24, 2.45) is 5.41 Å². The molecule has 3 rings (SSSR count). The molecule has 2 saturated heterocycles. The van der Waals surface area contributed by atoms with Crippen LogP contribution in [0.1, 0.15) is 31.2 Å². The van der Waals surface area contributed by atoms with Crippen molar-refractivity contribution in [2.75, 3.05) is 53.5 Å². The summed E-state index contributed by atoms with van der Waals surface area (Å²) < 4.78 is 5.15. The highest BCUT2D eigenvalue weighted by atomic mass is 16.5. The molecule has 1 atom stereocenters. The molecule has 2 aliphatic heterocycles. The number of likely N-dealkylation sites (N-methyl/N-ethyl adjacent to an activating group) is 1. The van der Waals surface area contributed by atoms with E-state index in [1.165, 1.54) is 0 Å². The quantitative estimate of drug-likeness (QED) is 0.706. The number of carbonyl (C=O) groups is 2. The fourth-order valence-corrected chi connectivity index (χ4v) is 4.45. The van der Waals surface area contributed by atoms with Gasteiger partial charge >= 0.3 is 0 Å². The largest absolute Gasteiger partial charge is 0.383 e. The Bertz CT molecular complexity index is 669. The zero-order valence-corrected chi connectivity index (χ0v) is 17.1. The van der Waals surface area contributed by atoms with Gasteiger partial charge in [-0.2, -0.15) is 0 Å². The monoisotopic (exact) mass is 388 g/mol. The second-order valence-electron chi connectivity index (χ2n) is 8.26. The number of nitrogens with zero attached hydrogens (tertiary/aromatic N) is 4. The maximum Gasteiger partial charge on any atom is 0.236 e. The van der Waals surface area contributed by atoms with E-state index in [-0.39, 0.29) is 17.2 Å². The Balaban J connectivity index is 1.56. The van der Waals surface area contributed by atoms with Gasteiger partial charge in [0.05, 0.1) is 13.2 Å². The van der Waals surface area contributed by atoms with Crippen molar-refractivity contribution in [2.45, 2.75) is 32.2 Å². The molecule has 154 valence electrons. The average Bonchev–Trinajstić information content (AvgIpc) is 2.69. The lowest BCUT2D eigenvalue weighted by molar-refractivity contribution is -0.144. The first-order valence-electron chi connectivity index (χ1n) is 10.1. The Morgan fingerprint density at radius 2 is 2.21 bits per heavy atom. The number of pyridine rings is 1. The molecule has 1 aromatic heterocycles. The highest BCUT2D eigenvalue weighted by Gasteiger charge is 2.42. The smallest absolute Gasteiger partial charge is 0.236 e. The number of amides is 2. The summed E-state index contributed by atoms with van der Waals surface area (Å²) in [6.45, 7) is 4.61. The molecule has 0 radical (unpaired) electrons. The van der Waals surface area contributed by atoms with Crippen LogP contribution in [0.4, 0.5) is 0 Å². The third-order valence-corrected chi connectivity index (χ3v) is 5.91. The van der Waals surface area contributed by atoms with Crippen molar-refractivity contribution in [3.8, 4) is 0 Å². The summed E-state index contributed by atoms with van der Waals surface area (Å²) in [4.78, 5) is 35.3. The third kappa shape index (κ3) is 5.29. The van der Waals surface area contributed by atoms with Crippen molar-refractivity contribution < 1.29 is 14.3 Å². The number of rotatable bonds is 7. The first-order chi connectivity index (χ1) is 13.5. The Labute approximate surface area is 167 Å². The summed E-state index contributed by atoms with van der Waals surface area (Å²) in [7, 11) is 3.63. The number of piperidine rings is 2. The van der Waals surface area contributed by atoms with Gasteiger partial charge in [-0.05, 0) is 37.9 Å². The normalized spacial score (nSPS) is 22.9. The third-order valence-electron chi connectivity index (χ3n) is 5.91. The van der Waals surface area contributed by atoms with Crippen LogP contribution in [0.5, 0.6) is 0 Å². The van der Waals surface area contributed by atoms with Gasteiger partial charge in [-0.1, -0.05) is 6.07 Å². The molecule has 0 aromatic carbocycles. The van der Waals surface area contributed by atoms with Gasteiger partial charge in [0, 0.05) is 64.1 Å². The molecule has 3 heterocycles. The van der Waals surface area contributed by atoms with Crippen molar-refractivity contribution in [1.29, 1.82) is 0 Å². The molecule has 2 fully saturated rings. The zero-order valence-electron chi connectivity index (χ0n) is 17.1. The van der Waals surface area contributed by atoms with Crippen molar-refractivity contribution in [3.05, 3.63) is 30.1 Å². The van der Waals surface area contributed by atoms with E-state index in [9.17, 15) is 9.59 Å². The van der Waals surface area contributed by atoms with E-state index in [0.717, 1.165) is 44.5 Å². The minimum absolute atomic E-state index is 0.0392. The molecule has 0 aliphatic carbocycles. The van der Waals surface area contributed by atoms with Gasteiger partial charge in [-0.3, -0.25) is 19.5 Å². The lowest BCUT2D eigenvalue weighted by Crippen LogP contribution is -2.56. The van der Waals surface area contributed by atoms with Gasteiger partial charge in [0.15, 0.2) is 0 Å². The molecular weight excluding hydrogens is 356 g/mol. The molecule has 0 bridgehead atoms. The number of aromatic nitrogens is 1. The maximum absolute atomic E-state index is 12.9. The van der Waals surface area contributed by atoms with Crippen molar-refractivity contribution in [3.63, 3.8) is 0 Å². The van der Waals surface area contributed by atoms with Gasteiger partial charge in [-0.15, -0.1) is 0 Å². The molecule has 0 saturated carbocycles. The van der Waals surface area contributed by atoms with Gasteiger partial charge in [-0.25, -0.2) is 0 Å². The predicted octanol–water partition coefficient (Wildman–Crippen LogP) is 1.39. The highest BCUT2D eigenvalue weighted by Crippen LogP contribution is 2.38. The van der Waals surface area contributed by atoms with Crippen LogP contribution in [0, 0.1) is 5.41 Å². The molecule has 2 amide bonds. The topological polar surface area (TPSA) is 66.0 Å². The Hall–Kier alpha value is -1.99. The van der Waals surface area contributed by atoms with Gasteiger partial charge in [0.2, 0.25) is 11.8 Å². The van der Waals surface area contributed by atoms with E-state index < -0.39 is 0 Å². The first kappa shape index (κ1) is 20.7. The van der Waals surface area contributed by atoms with E-state index in [2.05, 4.69) is 4.98 Å². The number of likely N-dealkylation sites (tertiary alicyclic amines) is 2. The Morgan fingerprint density at radius 3 is 2.96 bits per heavy atom. The molecule has 2 aliphatic rings. The molecule has 0 unspecified atom stereocenters. The summed E-state index contributed by atoms with van der Waals surface area (Å²) in [5.74, 6) is 0.383. The highest BCUT2D eigenvalue weighted by molar-refractivity contribution is 5.79. The molecule has 7 nitrogen and oxygen atoms in total. The van der Waals surface area contributed by atoms with Gasteiger partial charge in [0.25, 0.3) is 0 Å². The second-order valence-corrected chi connectivity index (χ2v) is 8.26. The van der Waals surface area contributed by atoms with E-state index in [1.54, 1.807) is 13.3 Å². The molecule has 1 aromatic rings. The number of hydrogen-bond acceptors (Lipinski definition) is 5. The minimum atomic E-state index is 0.0392. The first-order valence-corrected chi connectivity index (χ1v) is 10.1. The van der Waals surface area contributed by atoms with Crippen molar-refractivity contribution in [1.82, 2.24) is 19.7 Å². The van der Waals surface area contributed by atoms with Crippen LogP contribution in [0.25, 0.3) is 0 Å². The standard InChI is InChI=1S/C21H32N4O3/c1-23(14-18-5-3-9-22-13-18)15-20(27)24-10-4-7-21(16-24)8-6-19(26)25(17-21)11-12-28-2/h3,5,9,13H,4,6-8,10-12,14-17H2,1-2H3/t21-/m1/s1. The van der Waals surface area contributed by atoms with E-state index in [0.29, 0.717) is 32.7 Å². The molecular formula is C21H32N4O3. The van der Waals surface area contributed by atoms with E-state index in [4.69, 9.17) is 4.74 Å². The number of hydrogen-bond donors (Lipinski definition) is 0. The molecule has 0 N–H and O–H groups in total. The van der Waals surface area contributed by atoms with Gasteiger partial charge in [0.1, 0.15) is 0 Å². The predicted molar refractivity (Wildman–Crippen MR) is 107 cm³/mol. The number of carbonyl (C=O) groups excluding carboxylic acids is 2. The summed E-state index contributed by atoms with van der Waals surface area (Å²) in [5, 5.41) is 0. The lowest BCUT2D eigenvalue weighted by atomic mass is 9.73. The fourth-order valence-electron chi connectivity index (χ4n) is 4.45. The van der Waals surface area contributed by atoms with Crippen LogP contribution in [-0.4, -0.2) is 85.0 Å². The van der Waals surface area contributed by atoms with Crippen LogP contribution in [0.2, 0.25) is 0 Å². The second kappa shape index (κ2) is 9.47. The van der Waals surface area contributed by atoms with Gasteiger partial charge < -0.3 is 14.5 Å². The summed E-state index contributed by atoms with van der Waals surface area (Å²) in [5.41, 5.74) is 1.14. The molecule has 7 heteroatoms. The fraction of sp³-hybridized carbons (Fsp3) is 0.667.